The van der Waals surface area contributed by atoms with E-state index in [0.717, 1.165) is 12.2 Å². The molecule has 0 fully saturated rings. The van der Waals surface area contributed by atoms with Crippen LogP contribution in [-0.4, -0.2) is 28.3 Å². The average Bonchev–Trinajstić information content (AvgIpc) is 3.05. The molecule has 2 aromatic rings. The molecule has 0 saturated carbocycles. The van der Waals surface area contributed by atoms with Crippen molar-refractivity contribution in [3.05, 3.63) is 46.2 Å². The molecular formula is C18H22ClN3O2. The second-order valence-corrected chi connectivity index (χ2v) is 6.95. The number of halogens is 1. The van der Waals surface area contributed by atoms with E-state index in [2.05, 4.69) is 24.3 Å². The van der Waals surface area contributed by atoms with E-state index in [4.69, 9.17) is 16.3 Å². The molecule has 0 saturated heterocycles. The number of hydrogen-bond acceptors (Lipinski definition) is 3. The lowest BCUT2D eigenvalue weighted by atomic mass is 10.1. The lowest BCUT2D eigenvalue weighted by Crippen LogP contribution is -2.34. The topological polar surface area (TPSA) is 56.2 Å². The van der Waals surface area contributed by atoms with Crippen molar-refractivity contribution in [2.75, 3.05) is 6.54 Å². The summed E-state index contributed by atoms with van der Waals surface area (Å²) in [5, 5.41) is 7.70. The van der Waals surface area contributed by atoms with Crippen molar-refractivity contribution in [3.8, 4) is 5.75 Å². The molecule has 0 aliphatic carbocycles. The Labute approximate surface area is 147 Å². The highest BCUT2D eigenvalue weighted by Crippen LogP contribution is 2.28. The van der Waals surface area contributed by atoms with Gasteiger partial charge >= 0.3 is 0 Å². The molecule has 1 aliphatic heterocycles. The van der Waals surface area contributed by atoms with E-state index >= 15 is 0 Å². The maximum absolute atomic E-state index is 12.5. The molecule has 1 amide bonds. The minimum atomic E-state index is -0.202. The molecule has 0 radical (unpaired) electrons. The zero-order chi connectivity index (χ0) is 17.3. The highest BCUT2D eigenvalue weighted by atomic mass is 35.5. The van der Waals surface area contributed by atoms with Crippen molar-refractivity contribution in [3.63, 3.8) is 0 Å². The van der Waals surface area contributed by atoms with Crippen molar-refractivity contribution in [1.29, 1.82) is 0 Å². The van der Waals surface area contributed by atoms with Crippen LogP contribution in [0.1, 0.15) is 35.5 Å². The van der Waals surface area contributed by atoms with Gasteiger partial charge in [0.15, 0.2) is 0 Å². The number of aryl methyl sites for hydroxylation is 1. The molecule has 1 aliphatic rings. The fourth-order valence-electron chi connectivity index (χ4n) is 2.94. The van der Waals surface area contributed by atoms with E-state index in [1.807, 2.05) is 24.3 Å². The number of hydrogen-bond donors (Lipinski definition) is 1. The molecule has 1 atom stereocenters. The van der Waals surface area contributed by atoms with Crippen LogP contribution in [0.3, 0.4) is 0 Å². The second kappa shape index (κ2) is 6.85. The lowest BCUT2D eigenvalue weighted by molar-refractivity contribution is 0.0933. The largest absolute Gasteiger partial charge is 0.488 e. The third-order valence-electron chi connectivity index (χ3n) is 4.03. The van der Waals surface area contributed by atoms with Gasteiger partial charge in [-0.2, -0.15) is 5.10 Å². The first kappa shape index (κ1) is 16.8. The molecule has 1 N–H and O–H groups in total. The van der Waals surface area contributed by atoms with Crippen LogP contribution in [0.5, 0.6) is 5.75 Å². The summed E-state index contributed by atoms with van der Waals surface area (Å²) in [6.07, 6.45) is 0.756. The van der Waals surface area contributed by atoms with E-state index < -0.39 is 0 Å². The Bertz CT molecular complexity index is 730. The average molecular weight is 348 g/mol. The van der Waals surface area contributed by atoms with E-state index in [1.54, 1.807) is 11.6 Å². The van der Waals surface area contributed by atoms with Gasteiger partial charge < -0.3 is 10.1 Å². The van der Waals surface area contributed by atoms with Crippen molar-refractivity contribution in [2.45, 2.75) is 39.8 Å². The summed E-state index contributed by atoms with van der Waals surface area (Å²) >= 11 is 6.35. The number of aromatic nitrogens is 2. The summed E-state index contributed by atoms with van der Waals surface area (Å²) in [5.41, 5.74) is 2.28. The van der Waals surface area contributed by atoms with Crippen LogP contribution in [0.2, 0.25) is 5.15 Å². The molecule has 0 bridgehead atoms. The normalized spacial score (nSPS) is 16.1. The van der Waals surface area contributed by atoms with Gasteiger partial charge in [-0.25, -0.2) is 0 Å². The van der Waals surface area contributed by atoms with E-state index in [0.29, 0.717) is 35.4 Å². The Morgan fingerprint density at radius 1 is 1.46 bits per heavy atom. The number of nitrogens with zero attached hydrogens (tertiary/aromatic N) is 2. The van der Waals surface area contributed by atoms with Gasteiger partial charge in [-0.1, -0.05) is 43.6 Å². The highest BCUT2D eigenvalue weighted by molar-refractivity contribution is 6.33. The van der Waals surface area contributed by atoms with Gasteiger partial charge in [0.05, 0.1) is 17.8 Å². The number of carbonyl (C=O) groups is 1. The molecule has 1 aromatic carbocycles. The molecule has 5 nitrogen and oxygen atoms in total. The summed E-state index contributed by atoms with van der Waals surface area (Å²) in [6, 6.07) is 7.95. The quantitative estimate of drug-likeness (QED) is 0.903. The first-order valence-electron chi connectivity index (χ1n) is 8.21. The molecule has 3 rings (SSSR count). The van der Waals surface area contributed by atoms with Gasteiger partial charge in [0.1, 0.15) is 17.0 Å². The third-order valence-corrected chi connectivity index (χ3v) is 4.42. The predicted octanol–water partition coefficient (Wildman–Crippen LogP) is 3.23. The van der Waals surface area contributed by atoms with Crippen LogP contribution in [0, 0.1) is 12.8 Å². The standard InChI is InChI=1S/C18H22ClN3O2/c1-11(2)10-22-17(19)16(12(3)21-22)18(23)20-9-14-8-13-6-4-5-7-15(13)24-14/h4-7,11,14H,8-10H2,1-3H3,(H,20,23)/t14-/m0/s1. The molecule has 0 spiro atoms. The Morgan fingerprint density at radius 2 is 2.21 bits per heavy atom. The Kier molecular flexibility index (Phi) is 4.81. The van der Waals surface area contributed by atoms with Crippen LogP contribution in [-0.2, 0) is 13.0 Å². The molecule has 24 heavy (non-hydrogen) atoms. The zero-order valence-corrected chi connectivity index (χ0v) is 14.9. The first-order valence-corrected chi connectivity index (χ1v) is 8.59. The number of benzene rings is 1. The van der Waals surface area contributed by atoms with E-state index in [9.17, 15) is 4.79 Å². The van der Waals surface area contributed by atoms with Crippen molar-refractivity contribution < 1.29 is 9.53 Å². The van der Waals surface area contributed by atoms with Crippen LogP contribution in [0.25, 0.3) is 0 Å². The summed E-state index contributed by atoms with van der Waals surface area (Å²) in [7, 11) is 0. The summed E-state index contributed by atoms with van der Waals surface area (Å²) < 4.78 is 7.54. The van der Waals surface area contributed by atoms with Crippen LogP contribution >= 0.6 is 11.6 Å². The number of para-hydroxylation sites is 1. The number of ether oxygens (including phenoxy) is 1. The van der Waals surface area contributed by atoms with E-state index in [1.165, 1.54) is 5.56 Å². The second-order valence-electron chi connectivity index (χ2n) is 6.59. The molecular weight excluding hydrogens is 326 g/mol. The van der Waals surface area contributed by atoms with Gasteiger partial charge in [0.2, 0.25) is 0 Å². The molecule has 6 heteroatoms. The minimum absolute atomic E-state index is 0.0452. The fraction of sp³-hybridized carbons (Fsp3) is 0.444. The Balaban J connectivity index is 1.63. The number of carbonyl (C=O) groups excluding carboxylic acids is 1. The molecule has 1 aromatic heterocycles. The van der Waals surface area contributed by atoms with Gasteiger partial charge in [0.25, 0.3) is 5.91 Å². The summed E-state index contributed by atoms with van der Waals surface area (Å²) in [4.78, 5) is 12.5. The molecule has 128 valence electrons. The van der Waals surface area contributed by atoms with Gasteiger partial charge in [-0.05, 0) is 24.5 Å². The predicted molar refractivity (Wildman–Crippen MR) is 93.7 cm³/mol. The highest BCUT2D eigenvalue weighted by Gasteiger charge is 2.25. The Hall–Kier alpha value is -2.01. The Morgan fingerprint density at radius 3 is 2.92 bits per heavy atom. The van der Waals surface area contributed by atoms with E-state index in [-0.39, 0.29) is 12.0 Å². The number of nitrogens with one attached hydrogen (secondary N) is 1. The first-order chi connectivity index (χ1) is 11.5. The monoisotopic (exact) mass is 347 g/mol. The summed E-state index contributed by atoms with van der Waals surface area (Å²) in [5.74, 6) is 1.10. The zero-order valence-electron chi connectivity index (χ0n) is 14.2. The van der Waals surface area contributed by atoms with Crippen LogP contribution in [0.4, 0.5) is 0 Å². The van der Waals surface area contributed by atoms with Crippen LogP contribution < -0.4 is 10.1 Å². The van der Waals surface area contributed by atoms with Crippen molar-refractivity contribution >= 4 is 17.5 Å². The minimum Gasteiger partial charge on any atom is -0.488 e. The molecule has 2 heterocycles. The van der Waals surface area contributed by atoms with Crippen LogP contribution in [0.15, 0.2) is 24.3 Å². The number of rotatable bonds is 5. The lowest BCUT2D eigenvalue weighted by Gasteiger charge is -2.12. The van der Waals surface area contributed by atoms with Gasteiger partial charge in [-0.3, -0.25) is 9.48 Å². The summed E-state index contributed by atoms with van der Waals surface area (Å²) in [6.45, 7) is 7.11. The fourth-order valence-corrected chi connectivity index (χ4v) is 3.27. The smallest absolute Gasteiger partial charge is 0.256 e. The third kappa shape index (κ3) is 3.41. The SMILES string of the molecule is Cc1nn(CC(C)C)c(Cl)c1C(=O)NC[C@@H]1Cc2ccccc2O1. The van der Waals surface area contributed by atoms with Gasteiger partial charge in [-0.15, -0.1) is 0 Å². The van der Waals surface area contributed by atoms with Crippen molar-refractivity contribution in [1.82, 2.24) is 15.1 Å². The van der Waals surface area contributed by atoms with Crippen molar-refractivity contribution in [2.24, 2.45) is 5.92 Å². The maximum Gasteiger partial charge on any atom is 0.256 e. The molecule has 0 unspecified atom stereocenters. The van der Waals surface area contributed by atoms with Gasteiger partial charge in [0, 0.05) is 13.0 Å². The maximum atomic E-state index is 12.5. The number of amides is 1. The number of fused-ring (bicyclic) bond motifs is 1.